The molecule has 112 valence electrons. The molecule has 2 aromatic rings. The van der Waals surface area contributed by atoms with Gasteiger partial charge in [-0.3, -0.25) is 4.79 Å². The molecule has 0 bridgehead atoms. The lowest BCUT2D eigenvalue weighted by Crippen LogP contribution is -2.36. The first-order valence-corrected chi connectivity index (χ1v) is 6.93. The molecule has 0 saturated carbocycles. The maximum absolute atomic E-state index is 12.1. The molecule has 1 amide bonds. The minimum absolute atomic E-state index is 0.215. The van der Waals surface area contributed by atoms with Gasteiger partial charge in [0.2, 0.25) is 5.91 Å². The molecule has 0 fully saturated rings. The number of rotatable bonds is 5. The van der Waals surface area contributed by atoms with Crippen molar-refractivity contribution in [3.8, 4) is 11.5 Å². The number of amides is 1. The topological polar surface area (TPSA) is 94.0 Å². The van der Waals surface area contributed by atoms with Crippen LogP contribution >= 0.6 is 0 Å². The van der Waals surface area contributed by atoms with Crippen LogP contribution in [0, 0.1) is 12.8 Å². The first-order valence-electron chi connectivity index (χ1n) is 6.93. The third-order valence-electron chi connectivity index (χ3n) is 3.01. The molecule has 0 spiro atoms. The lowest BCUT2D eigenvalue weighted by atomic mass is 10.0. The highest BCUT2D eigenvalue weighted by atomic mass is 16.5. The van der Waals surface area contributed by atoms with E-state index in [4.69, 9.17) is 10.3 Å². The van der Waals surface area contributed by atoms with Crippen molar-refractivity contribution in [1.82, 2.24) is 10.1 Å². The third-order valence-corrected chi connectivity index (χ3v) is 3.01. The molecule has 2 rings (SSSR count). The number of nitrogens with two attached hydrogens (primary N) is 1. The van der Waals surface area contributed by atoms with Crippen molar-refractivity contribution >= 4 is 11.6 Å². The van der Waals surface area contributed by atoms with Crippen molar-refractivity contribution in [2.45, 2.75) is 33.2 Å². The molecular formula is C15H20N4O2. The largest absolute Gasteiger partial charge is 0.334 e. The minimum atomic E-state index is -0.539. The molecular weight excluding hydrogens is 268 g/mol. The lowest BCUT2D eigenvalue weighted by Gasteiger charge is -2.15. The lowest BCUT2D eigenvalue weighted by molar-refractivity contribution is -0.117. The second kappa shape index (κ2) is 6.49. The molecule has 1 aromatic carbocycles. The monoisotopic (exact) mass is 288 g/mol. The number of aromatic nitrogens is 2. The van der Waals surface area contributed by atoms with Crippen LogP contribution in [-0.4, -0.2) is 22.1 Å². The van der Waals surface area contributed by atoms with E-state index >= 15 is 0 Å². The number of carbonyl (C=O) groups is 1. The maximum Gasteiger partial charge on any atom is 0.260 e. The van der Waals surface area contributed by atoms with Crippen LogP contribution in [-0.2, 0) is 4.79 Å². The van der Waals surface area contributed by atoms with Gasteiger partial charge in [0.05, 0.1) is 17.3 Å². The van der Waals surface area contributed by atoms with E-state index in [1.54, 1.807) is 13.0 Å². The molecule has 1 heterocycles. The first-order chi connectivity index (χ1) is 9.97. The van der Waals surface area contributed by atoms with E-state index < -0.39 is 6.04 Å². The Kier molecular flexibility index (Phi) is 4.70. The Balaban J connectivity index is 2.19. The normalized spacial score (nSPS) is 12.4. The Labute approximate surface area is 123 Å². The van der Waals surface area contributed by atoms with Gasteiger partial charge in [-0.25, -0.2) is 0 Å². The van der Waals surface area contributed by atoms with E-state index in [2.05, 4.69) is 15.5 Å². The summed E-state index contributed by atoms with van der Waals surface area (Å²) in [5, 5.41) is 6.60. The Morgan fingerprint density at radius 2 is 2.10 bits per heavy atom. The summed E-state index contributed by atoms with van der Waals surface area (Å²) >= 11 is 0. The number of hydrogen-bond acceptors (Lipinski definition) is 5. The standard InChI is InChI=1S/C15H20N4O2/c1-9(2)8-12(16)14(20)18-13-7-5-4-6-11(13)15-17-10(3)19-21-15/h4-7,9,12H,8,16H2,1-3H3,(H,18,20). The zero-order valence-corrected chi connectivity index (χ0v) is 12.5. The number of benzene rings is 1. The molecule has 1 unspecified atom stereocenters. The van der Waals surface area contributed by atoms with Gasteiger partial charge in [-0.1, -0.05) is 31.1 Å². The van der Waals surface area contributed by atoms with Crippen molar-refractivity contribution < 1.29 is 9.32 Å². The number of aryl methyl sites for hydroxylation is 1. The summed E-state index contributed by atoms with van der Waals surface area (Å²) < 4.78 is 5.15. The van der Waals surface area contributed by atoms with Crippen LogP contribution in [0.4, 0.5) is 5.69 Å². The summed E-state index contributed by atoms with van der Waals surface area (Å²) in [6, 6.07) is 6.74. The van der Waals surface area contributed by atoms with Crippen LogP contribution in [0.25, 0.3) is 11.5 Å². The van der Waals surface area contributed by atoms with Crippen molar-refractivity contribution in [2.75, 3.05) is 5.32 Å². The highest BCUT2D eigenvalue weighted by molar-refractivity contribution is 5.97. The van der Waals surface area contributed by atoms with Gasteiger partial charge in [-0.15, -0.1) is 0 Å². The van der Waals surface area contributed by atoms with E-state index in [1.165, 1.54) is 0 Å². The van der Waals surface area contributed by atoms with Gasteiger partial charge in [0.1, 0.15) is 0 Å². The van der Waals surface area contributed by atoms with E-state index in [9.17, 15) is 4.79 Å². The molecule has 0 aliphatic rings. The summed E-state index contributed by atoms with van der Waals surface area (Å²) in [6.07, 6.45) is 0.633. The molecule has 0 aliphatic heterocycles. The third kappa shape index (κ3) is 3.88. The molecule has 0 saturated heterocycles. The number of hydrogen-bond donors (Lipinski definition) is 2. The van der Waals surface area contributed by atoms with Gasteiger partial charge in [-0.2, -0.15) is 4.98 Å². The second-order valence-corrected chi connectivity index (χ2v) is 5.42. The van der Waals surface area contributed by atoms with E-state index in [0.717, 1.165) is 0 Å². The fraction of sp³-hybridized carbons (Fsp3) is 0.400. The van der Waals surface area contributed by atoms with Crippen molar-refractivity contribution in [3.05, 3.63) is 30.1 Å². The first kappa shape index (κ1) is 15.2. The molecule has 0 aliphatic carbocycles. The van der Waals surface area contributed by atoms with E-state index in [-0.39, 0.29) is 5.91 Å². The number of para-hydroxylation sites is 1. The second-order valence-electron chi connectivity index (χ2n) is 5.42. The number of anilines is 1. The Hall–Kier alpha value is -2.21. The Bertz CT molecular complexity index is 622. The highest BCUT2D eigenvalue weighted by Gasteiger charge is 2.18. The van der Waals surface area contributed by atoms with Crippen LogP contribution < -0.4 is 11.1 Å². The summed E-state index contributed by atoms with van der Waals surface area (Å²) in [4.78, 5) is 16.3. The van der Waals surface area contributed by atoms with Crippen LogP contribution in [0.15, 0.2) is 28.8 Å². The van der Waals surface area contributed by atoms with Crippen LogP contribution in [0.5, 0.6) is 0 Å². The minimum Gasteiger partial charge on any atom is -0.334 e. The van der Waals surface area contributed by atoms with Gasteiger partial charge < -0.3 is 15.6 Å². The summed E-state index contributed by atoms with van der Waals surface area (Å²) in [7, 11) is 0. The molecule has 3 N–H and O–H groups in total. The van der Waals surface area contributed by atoms with Gasteiger partial charge in [0, 0.05) is 0 Å². The summed E-state index contributed by atoms with van der Waals surface area (Å²) in [5.41, 5.74) is 7.20. The van der Waals surface area contributed by atoms with Crippen LogP contribution in [0.1, 0.15) is 26.1 Å². The van der Waals surface area contributed by atoms with Gasteiger partial charge in [-0.05, 0) is 31.4 Å². The average molecular weight is 288 g/mol. The quantitative estimate of drug-likeness (QED) is 0.880. The van der Waals surface area contributed by atoms with Crippen molar-refractivity contribution in [2.24, 2.45) is 11.7 Å². The van der Waals surface area contributed by atoms with E-state index in [0.29, 0.717) is 35.3 Å². The molecule has 1 aromatic heterocycles. The maximum atomic E-state index is 12.1. The Morgan fingerprint density at radius 3 is 2.71 bits per heavy atom. The molecule has 0 radical (unpaired) electrons. The number of nitrogens with zero attached hydrogens (tertiary/aromatic N) is 2. The highest BCUT2D eigenvalue weighted by Crippen LogP contribution is 2.26. The van der Waals surface area contributed by atoms with Crippen molar-refractivity contribution in [1.29, 1.82) is 0 Å². The smallest absolute Gasteiger partial charge is 0.260 e. The molecule has 21 heavy (non-hydrogen) atoms. The molecule has 6 heteroatoms. The number of carbonyl (C=O) groups excluding carboxylic acids is 1. The van der Waals surface area contributed by atoms with Gasteiger partial charge >= 0.3 is 0 Å². The fourth-order valence-corrected chi connectivity index (χ4v) is 2.03. The van der Waals surface area contributed by atoms with E-state index in [1.807, 2.05) is 32.0 Å². The summed E-state index contributed by atoms with van der Waals surface area (Å²) in [5.74, 6) is 1.07. The molecule has 6 nitrogen and oxygen atoms in total. The average Bonchev–Trinajstić information content (AvgIpc) is 2.85. The summed E-state index contributed by atoms with van der Waals surface area (Å²) in [6.45, 7) is 5.80. The fourth-order valence-electron chi connectivity index (χ4n) is 2.03. The SMILES string of the molecule is Cc1noc(-c2ccccc2NC(=O)C(N)CC(C)C)n1. The van der Waals surface area contributed by atoms with Gasteiger partial charge in [0.25, 0.3) is 5.89 Å². The van der Waals surface area contributed by atoms with Gasteiger partial charge in [0.15, 0.2) is 5.82 Å². The zero-order chi connectivity index (χ0) is 15.4. The zero-order valence-electron chi connectivity index (χ0n) is 12.5. The van der Waals surface area contributed by atoms with Crippen LogP contribution in [0.3, 0.4) is 0 Å². The van der Waals surface area contributed by atoms with Crippen molar-refractivity contribution in [3.63, 3.8) is 0 Å². The number of nitrogens with one attached hydrogen (secondary N) is 1. The molecule has 1 atom stereocenters. The Morgan fingerprint density at radius 1 is 1.38 bits per heavy atom. The van der Waals surface area contributed by atoms with Crippen LogP contribution in [0.2, 0.25) is 0 Å². The predicted molar refractivity (Wildman–Crippen MR) is 80.5 cm³/mol. The predicted octanol–water partition coefficient (Wildman–Crippen LogP) is 2.36.